The molecule has 3 atom stereocenters. The van der Waals surface area contributed by atoms with Crippen LogP contribution in [-0.4, -0.2) is 66.9 Å². The van der Waals surface area contributed by atoms with Crippen LogP contribution >= 0.6 is 0 Å². The molecule has 0 radical (unpaired) electrons. The Labute approximate surface area is 130 Å². The highest BCUT2D eigenvalue weighted by molar-refractivity contribution is 5.81. The van der Waals surface area contributed by atoms with E-state index in [-0.39, 0.29) is 24.2 Å². The number of carbonyl (C=O) groups is 1. The highest BCUT2D eigenvalue weighted by Crippen LogP contribution is 2.28. The van der Waals surface area contributed by atoms with Crippen LogP contribution in [0.4, 0.5) is 5.69 Å². The molecule has 0 spiro atoms. The number of nitrogens with zero attached hydrogens (tertiary/aromatic N) is 3. The first-order valence-electron chi connectivity index (χ1n) is 8.01. The number of morpholine rings is 1. The molecule has 0 aliphatic carbocycles. The van der Waals surface area contributed by atoms with E-state index in [2.05, 4.69) is 16.0 Å². The van der Waals surface area contributed by atoms with Crippen molar-refractivity contribution in [3.8, 4) is 0 Å². The molecule has 0 bridgehead atoms. The first kappa shape index (κ1) is 14.0. The summed E-state index contributed by atoms with van der Waals surface area (Å²) in [5, 5.41) is 0. The van der Waals surface area contributed by atoms with E-state index in [1.54, 1.807) is 6.20 Å². The van der Waals surface area contributed by atoms with Crippen molar-refractivity contribution < 1.29 is 14.3 Å². The maximum absolute atomic E-state index is 12.5. The molecule has 0 N–H and O–H groups in total. The molecule has 3 fully saturated rings. The van der Waals surface area contributed by atoms with Crippen LogP contribution in [0.1, 0.15) is 12.8 Å². The van der Waals surface area contributed by atoms with Gasteiger partial charge in [0.2, 0.25) is 0 Å². The van der Waals surface area contributed by atoms with Crippen LogP contribution in [0, 0.1) is 0 Å². The monoisotopic (exact) mass is 303 g/mol. The van der Waals surface area contributed by atoms with Gasteiger partial charge in [0.05, 0.1) is 30.6 Å². The number of hydrogen-bond acceptors (Lipinski definition) is 5. The lowest BCUT2D eigenvalue weighted by Crippen LogP contribution is -2.51. The van der Waals surface area contributed by atoms with Crippen molar-refractivity contribution >= 4 is 11.6 Å². The number of aromatic nitrogens is 1. The number of rotatable bonds is 2. The minimum absolute atomic E-state index is 0.0827. The van der Waals surface area contributed by atoms with Crippen molar-refractivity contribution in [3.05, 3.63) is 24.5 Å². The van der Waals surface area contributed by atoms with Gasteiger partial charge >= 0.3 is 0 Å². The summed E-state index contributed by atoms with van der Waals surface area (Å²) >= 11 is 0. The highest BCUT2D eigenvalue weighted by Gasteiger charge is 2.43. The van der Waals surface area contributed by atoms with E-state index in [0.29, 0.717) is 26.3 Å². The molecule has 3 aliphatic heterocycles. The van der Waals surface area contributed by atoms with Gasteiger partial charge in [-0.05, 0) is 25.0 Å². The summed E-state index contributed by atoms with van der Waals surface area (Å²) in [5.41, 5.74) is 1.10. The summed E-state index contributed by atoms with van der Waals surface area (Å²) in [6.07, 6.45) is 5.33. The summed E-state index contributed by atoms with van der Waals surface area (Å²) in [6.45, 7) is 3.61. The predicted octanol–water partition coefficient (Wildman–Crippen LogP) is 0.677. The van der Waals surface area contributed by atoms with Crippen molar-refractivity contribution in [3.63, 3.8) is 0 Å². The summed E-state index contributed by atoms with van der Waals surface area (Å²) < 4.78 is 11.4. The second kappa shape index (κ2) is 5.85. The molecule has 3 saturated heterocycles. The van der Waals surface area contributed by atoms with Gasteiger partial charge in [0.15, 0.2) is 0 Å². The van der Waals surface area contributed by atoms with E-state index in [0.717, 1.165) is 25.1 Å². The fraction of sp³-hybridized carbons (Fsp3) is 0.625. The van der Waals surface area contributed by atoms with Gasteiger partial charge in [-0.15, -0.1) is 0 Å². The third-order valence-corrected chi connectivity index (χ3v) is 4.80. The normalized spacial score (nSPS) is 31.4. The average molecular weight is 303 g/mol. The Morgan fingerprint density at radius 1 is 1.27 bits per heavy atom. The number of ether oxygens (including phenoxy) is 2. The van der Waals surface area contributed by atoms with Crippen LogP contribution in [0.25, 0.3) is 0 Å². The van der Waals surface area contributed by atoms with Gasteiger partial charge in [-0.2, -0.15) is 0 Å². The van der Waals surface area contributed by atoms with Crippen molar-refractivity contribution in [1.29, 1.82) is 0 Å². The van der Waals surface area contributed by atoms with E-state index in [1.807, 2.05) is 17.2 Å². The average Bonchev–Trinajstić information content (AvgIpc) is 3.24. The number of fused-ring (bicyclic) bond motifs is 1. The second-order valence-corrected chi connectivity index (χ2v) is 6.13. The molecule has 22 heavy (non-hydrogen) atoms. The molecule has 4 heterocycles. The number of hydrogen-bond donors (Lipinski definition) is 0. The van der Waals surface area contributed by atoms with Crippen molar-refractivity contribution in [2.45, 2.75) is 31.1 Å². The molecule has 4 rings (SSSR count). The number of likely N-dealkylation sites (tertiary alicyclic amines) is 1. The highest BCUT2D eigenvalue weighted by atomic mass is 16.5. The molecule has 1 unspecified atom stereocenters. The molecule has 3 aliphatic rings. The summed E-state index contributed by atoms with van der Waals surface area (Å²) in [5.74, 6) is 0.127. The lowest BCUT2D eigenvalue weighted by molar-refractivity contribution is -0.140. The molecular weight excluding hydrogens is 282 g/mol. The maximum Gasteiger partial charge on any atom is 0.251 e. The molecule has 6 nitrogen and oxygen atoms in total. The van der Waals surface area contributed by atoms with Gasteiger partial charge < -0.3 is 19.3 Å². The Bertz CT molecular complexity index is 533. The zero-order valence-corrected chi connectivity index (χ0v) is 12.6. The van der Waals surface area contributed by atoms with Crippen LogP contribution < -0.4 is 4.90 Å². The van der Waals surface area contributed by atoms with Crippen LogP contribution in [-0.2, 0) is 14.3 Å². The SMILES string of the molecule is O=C(C1CCCO1)N1C[C@@H]2OCCN(c3cccnc3)[C@@H]2C1. The van der Waals surface area contributed by atoms with Gasteiger partial charge in [-0.1, -0.05) is 0 Å². The lowest BCUT2D eigenvalue weighted by atomic mass is 10.1. The van der Waals surface area contributed by atoms with E-state index < -0.39 is 0 Å². The predicted molar refractivity (Wildman–Crippen MR) is 80.7 cm³/mol. The topological polar surface area (TPSA) is 54.9 Å². The van der Waals surface area contributed by atoms with Gasteiger partial charge in [0.25, 0.3) is 5.91 Å². The Morgan fingerprint density at radius 2 is 2.23 bits per heavy atom. The van der Waals surface area contributed by atoms with Crippen LogP contribution in [0.15, 0.2) is 24.5 Å². The minimum atomic E-state index is -0.244. The third kappa shape index (κ3) is 2.46. The van der Waals surface area contributed by atoms with Gasteiger partial charge in [0.1, 0.15) is 6.10 Å². The fourth-order valence-corrected chi connectivity index (χ4v) is 3.69. The molecular formula is C16H21N3O3. The van der Waals surface area contributed by atoms with Gasteiger partial charge in [0, 0.05) is 32.4 Å². The quantitative estimate of drug-likeness (QED) is 0.804. The second-order valence-electron chi connectivity index (χ2n) is 6.13. The van der Waals surface area contributed by atoms with Crippen molar-refractivity contribution in [2.75, 3.05) is 37.7 Å². The van der Waals surface area contributed by atoms with Gasteiger partial charge in [-0.3, -0.25) is 9.78 Å². The summed E-state index contributed by atoms with van der Waals surface area (Å²) in [4.78, 5) is 21.0. The number of carbonyl (C=O) groups excluding carboxylic acids is 1. The smallest absolute Gasteiger partial charge is 0.251 e. The number of amides is 1. The van der Waals surface area contributed by atoms with Gasteiger partial charge in [-0.25, -0.2) is 0 Å². The Morgan fingerprint density at radius 3 is 3.00 bits per heavy atom. The lowest BCUT2D eigenvalue weighted by Gasteiger charge is -2.38. The van der Waals surface area contributed by atoms with E-state index >= 15 is 0 Å². The molecule has 0 aromatic carbocycles. The number of anilines is 1. The zero-order chi connectivity index (χ0) is 14.9. The summed E-state index contributed by atoms with van der Waals surface area (Å²) in [7, 11) is 0. The Hall–Kier alpha value is -1.66. The standard InChI is InChI=1S/C16H21N3O3/c20-16(14-4-2-7-21-14)18-10-13-15(11-18)22-8-6-19(13)12-3-1-5-17-9-12/h1,3,5,9,13-15H,2,4,6-8,10-11H2/t13-,14?,15+/m1/s1. The van der Waals surface area contributed by atoms with E-state index in [9.17, 15) is 4.79 Å². The first-order chi connectivity index (χ1) is 10.8. The molecule has 1 aromatic rings. The molecule has 6 heteroatoms. The first-order valence-corrected chi connectivity index (χ1v) is 8.01. The van der Waals surface area contributed by atoms with Crippen molar-refractivity contribution in [1.82, 2.24) is 9.88 Å². The Kier molecular flexibility index (Phi) is 3.72. The number of pyridine rings is 1. The molecule has 0 saturated carbocycles. The molecule has 1 aromatic heterocycles. The maximum atomic E-state index is 12.5. The Balaban J connectivity index is 1.49. The van der Waals surface area contributed by atoms with Crippen LogP contribution in [0.2, 0.25) is 0 Å². The molecule has 1 amide bonds. The largest absolute Gasteiger partial charge is 0.372 e. The van der Waals surface area contributed by atoms with E-state index in [1.165, 1.54) is 0 Å². The molecule has 118 valence electrons. The minimum Gasteiger partial charge on any atom is -0.372 e. The third-order valence-electron chi connectivity index (χ3n) is 4.80. The summed E-state index contributed by atoms with van der Waals surface area (Å²) in [6, 6.07) is 4.23. The fourth-order valence-electron chi connectivity index (χ4n) is 3.69. The van der Waals surface area contributed by atoms with Crippen LogP contribution in [0.5, 0.6) is 0 Å². The van der Waals surface area contributed by atoms with Crippen molar-refractivity contribution in [2.24, 2.45) is 0 Å². The zero-order valence-electron chi connectivity index (χ0n) is 12.6. The van der Waals surface area contributed by atoms with E-state index in [4.69, 9.17) is 9.47 Å². The van der Waals surface area contributed by atoms with Crippen LogP contribution in [0.3, 0.4) is 0 Å².